The molecule has 4 heteroatoms. The monoisotopic (exact) mass is 282 g/mol. The zero-order chi connectivity index (χ0) is 13.7. The molecule has 1 aliphatic rings. The summed E-state index contributed by atoms with van der Waals surface area (Å²) in [6.07, 6.45) is 4.97. The van der Waals surface area contributed by atoms with Crippen LogP contribution in [0.3, 0.4) is 0 Å². The molecule has 1 aliphatic carbocycles. The number of aliphatic hydroxyl groups excluding tert-OH is 1. The Kier molecular flexibility index (Phi) is 5.64. The Morgan fingerprint density at radius 2 is 2.11 bits per heavy atom. The van der Waals surface area contributed by atoms with Gasteiger partial charge in [0.2, 0.25) is 0 Å². The third-order valence-corrected chi connectivity index (χ3v) is 4.24. The van der Waals surface area contributed by atoms with Crippen molar-refractivity contribution < 1.29 is 5.11 Å². The van der Waals surface area contributed by atoms with Crippen LogP contribution in [0.1, 0.15) is 37.3 Å². The maximum atomic E-state index is 9.33. The summed E-state index contributed by atoms with van der Waals surface area (Å²) in [6, 6.07) is 8.59. The van der Waals surface area contributed by atoms with E-state index in [1.165, 1.54) is 25.7 Å². The van der Waals surface area contributed by atoms with Crippen molar-refractivity contribution in [2.24, 2.45) is 5.73 Å². The van der Waals surface area contributed by atoms with Crippen LogP contribution in [0.15, 0.2) is 24.3 Å². The first-order valence-electron chi connectivity index (χ1n) is 7.08. The van der Waals surface area contributed by atoms with Crippen LogP contribution in [0.25, 0.3) is 0 Å². The molecule has 0 saturated heterocycles. The first-order valence-corrected chi connectivity index (χ1v) is 7.46. The maximum Gasteiger partial charge on any atom is 0.0558 e. The largest absolute Gasteiger partial charge is 0.395 e. The third-order valence-electron chi connectivity index (χ3n) is 4.01. The number of hydrogen-bond donors (Lipinski definition) is 2. The first kappa shape index (κ1) is 14.8. The molecule has 1 saturated carbocycles. The predicted octanol–water partition coefficient (Wildman–Crippen LogP) is 2.58. The van der Waals surface area contributed by atoms with Crippen LogP contribution in [0.5, 0.6) is 0 Å². The van der Waals surface area contributed by atoms with Gasteiger partial charge in [-0.15, -0.1) is 0 Å². The second kappa shape index (κ2) is 7.25. The zero-order valence-corrected chi connectivity index (χ0v) is 12.0. The van der Waals surface area contributed by atoms with E-state index in [0.717, 1.165) is 10.6 Å². The standard InChI is InChI=1S/C15H23ClN2O/c16-13-5-3-4-12(10-13)15(11-17)18(8-9-19)14-6-1-2-7-14/h3-5,10,14-15,19H,1-2,6-9,11,17H2. The Morgan fingerprint density at radius 1 is 1.37 bits per heavy atom. The number of aliphatic hydroxyl groups is 1. The van der Waals surface area contributed by atoms with Gasteiger partial charge in [-0.2, -0.15) is 0 Å². The van der Waals surface area contributed by atoms with E-state index >= 15 is 0 Å². The molecule has 1 aromatic rings. The second-order valence-corrected chi connectivity index (χ2v) is 5.64. The lowest BCUT2D eigenvalue weighted by Crippen LogP contribution is -2.41. The van der Waals surface area contributed by atoms with Gasteiger partial charge in [-0.25, -0.2) is 0 Å². The van der Waals surface area contributed by atoms with Crippen molar-refractivity contribution in [3.8, 4) is 0 Å². The van der Waals surface area contributed by atoms with Crippen molar-refractivity contribution >= 4 is 11.6 Å². The Labute approximate surface area is 120 Å². The molecule has 3 N–H and O–H groups in total. The van der Waals surface area contributed by atoms with Crippen molar-refractivity contribution in [1.29, 1.82) is 0 Å². The van der Waals surface area contributed by atoms with Gasteiger partial charge in [-0.05, 0) is 30.5 Å². The van der Waals surface area contributed by atoms with Crippen LogP contribution in [0.2, 0.25) is 5.02 Å². The number of rotatable bonds is 6. The molecule has 0 aliphatic heterocycles. The van der Waals surface area contributed by atoms with E-state index in [2.05, 4.69) is 11.0 Å². The summed E-state index contributed by atoms with van der Waals surface area (Å²) in [5, 5.41) is 10.1. The van der Waals surface area contributed by atoms with Gasteiger partial charge in [-0.3, -0.25) is 4.90 Å². The van der Waals surface area contributed by atoms with E-state index in [1.807, 2.05) is 18.2 Å². The quantitative estimate of drug-likeness (QED) is 0.843. The van der Waals surface area contributed by atoms with Crippen molar-refractivity contribution in [2.75, 3.05) is 19.7 Å². The molecule has 1 fully saturated rings. The minimum Gasteiger partial charge on any atom is -0.395 e. The number of hydrogen-bond acceptors (Lipinski definition) is 3. The summed E-state index contributed by atoms with van der Waals surface area (Å²) in [6.45, 7) is 1.41. The highest BCUT2D eigenvalue weighted by molar-refractivity contribution is 6.30. The van der Waals surface area contributed by atoms with Crippen LogP contribution in [-0.4, -0.2) is 35.7 Å². The van der Waals surface area contributed by atoms with Crippen molar-refractivity contribution in [3.05, 3.63) is 34.9 Å². The fourth-order valence-corrected chi connectivity index (χ4v) is 3.32. The summed E-state index contributed by atoms with van der Waals surface area (Å²) in [4.78, 5) is 2.36. The molecule has 0 bridgehead atoms. The van der Waals surface area contributed by atoms with E-state index in [9.17, 15) is 5.11 Å². The minimum absolute atomic E-state index is 0.147. The lowest BCUT2D eigenvalue weighted by molar-refractivity contribution is 0.107. The number of halogens is 1. The molecule has 106 valence electrons. The molecule has 1 aromatic carbocycles. The topological polar surface area (TPSA) is 49.5 Å². The van der Waals surface area contributed by atoms with Crippen molar-refractivity contribution in [1.82, 2.24) is 4.90 Å². The second-order valence-electron chi connectivity index (χ2n) is 5.21. The van der Waals surface area contributed by atoms with Crippen LogP contribution in [-0.2, 0) is 0 Å². The highest BCUT2D eigenvalue weighted by Crippen LogP contribution is 2.31. The molecular weight excluding hydrogens is 260 g/mol. The van der Waals surface area contributed by atoms with Crippen molar-refractivity contribution in [3.63, 3.8) is 0 Å². The Morgan fingerprint density at radius 3 is 2.68 bits per heavy atom. The van der Waals surface area contributed by atoms with E-state index in [0.29, 0.717) is 19.1 Å². The highest BCUT2D eigenvalue weighted by Gasteiger charge is 2.28. The lowest BCUT2D eigenvalue weighted by atomic mass is 10.0. The van der Waals surface area contributed by atoms with Gasteiger partial charge in [0.05, 0.1) is 6.61 Å². The molecular formula is C15H23ClN2O. The summed E-state index contributed by atoms with van der Waals surface area (Å²) in [7, 11) is 0. The molecule has 0 spiro atoms. The normalized spacial score (nSPS) is 18.1. The molecule has 0 radical (unpaired) electrons. The Balaban J connectivity index is 2.20. The van der Waals surface area contributed by atoms with E-state index in [1.54, 1.807) is 0 Å². The summed E-state index contributed by atoms with van der Waals surface area (Å²) in [5.41, 5.74) is 7.14. The number of nitrogens with two attached hydrogens (primary N) is 1. The van der Waals surface area contributed by atoms with Gasteiger partial charge < -0.3 is 10.8 Å². The Bertz CT molecular complexity index is 393. The van der Waals surface area contributed by atoms with E-state index in [4.69, 9.17) is 17.3 Å². The van der Waals surface area contributed by atoms with Crippen LogP contribution < -0.4 is 5.73 Å². The summed E-state index contributed by atoms with van der Waals surface area (Å²) in [5.74, 6) is 0. The first-order chi connectivity index (χ1) is 9.26. The molecule has 19 heavy (non-hydrogen) atoms. The maximum absolute atomic E-state index is 9.33. The van der Waals surface area contributed by atoms with Crippen LogP contribution in [0.4, 0.5) is 0 Å². The van der Waals surface area contributed by atoms with Gasteiger partial charge in [-0.1, -0.05) is 36.6 Å². The summed E-state index contributed by atoms with van der Waals surface area (Å²) >= 11 is 6.08. The van der Waals surface area contributed by atoms with Gasteiger partial charge in [0.25, 0.3) is 0 Å². The van der Waals surface area contributed by atoms with Crippen LogP contribution >= 0.6 is 11.6 Å². The van der Waals surface area contributed by atoms with Crippen molar-refractivity contribution in [2.45, 2.75) is 37.8 Å². The zero-order valence-electron chi connectivity index (χ0n) is 11.3. The molecule has 2 rings (SSSR count). The molecule has 1 unspecified atom stereocenters. The molecule has 0 aromatic heterocycles. The number of nitrogens with zero attached hydrogens (tertiary/aromatic N) is 1. The average molecular weight is 283 g/mol. The fraction of sp³-hybridized carbons (Fsp3) is 0.600. The van der Waals surface area contributed by atoms with Crippen LogP contribution in [0, 0.1) is 0 Å². The molecule has 1 atom stereocenters. The summed E-state index contributed by atoms with van der Waals surface area (Å²) < 4.78 is 0. The SMILES string of the molecule is NCC(c1cccc(Cl)c1)N(CCO)C1CCCC1. The van der Waals surface area contributed by atoms with Gasteiger partial charge in [0.15, 0.2) is 0 Å². The third kappa shape index (κ3) is 3.69. The van der Waals surface area contributed by atoms with Gasteiger partial charge in [0, 0.05) is 30.2 Å². The Hall–Kier alpha value is -0.610. The molecule has 0 heterocycles. The fourth-order valence-electron chi connectivity index (χ4n) is 3.12. The molecule has 3 nitrogen and oxygen atoms in total. The van der Waals surface area contributed by atoms with Gasteiger partial charge >= 0.3 is 0 Å². The van der Waals surface area contributed by atoms with E-state index in [-0.39, 0.29) is 12.6 Å². The van der Waals surface area contributed by atoms with E-state index < -0.39 is 0 Å². The minimum atomic E-state index is 0.147. The smallest absolute Gasteiger partial charge is 0.0558 e. The number of benzene rings is 1. The highest BCUT2D eigenvalue weighted by atomic mass is 35.5. The lowest BCUT2D eigenvalue weighted by Gasteiger charge is -2.35. The molecule has 0 amide bonds. The van der Waals surface area contributed by atoms with Gasteiger partial charge in [0.1, 0.15) is 0 Å². The predicted molar refractivity (Wildman–Crippen MR) is 79.3 cm³/mol. The average Bonchev–Trinajstić information content (AvgIpc) is 2.92.